The summed E-state index contributed by atoms with van der Waals surface area (Å²) in [5.74, 6) is 0.414. The van der Waals surface area contributed by atoms with Crippen LogP contribution in [0.2, 0.25) is 0 Å². The maximum Gasteiger partial charge on any atom is 0.129 e. The third-order valence-corrected chi connectivity index (χ3v) is 4.42. The number of hydrogen-bond donors (Lipinski definition) is 1. The van der Waals surface area contributed by atoms with Gasteiger partial charge in [-0.3, -0.25) is 0 Å². The molecule has 1 saturated heterocycles. The number of nitrogens with one attached hydrogen (secondary N) is 1. The van der Waals surface area contributed by atoms with Crippen molar-refractivity contribution in [3.63, 3.8) is 0 Å². The smallest absolute Gasteiger partial charge is 0.129 e. The Morgan fingerprint density at radius 2 is 2.11 bits per heavy atom. The molecule has 1 aromatic heterocycles. The topological polar surface area (TPSA) is 29.9 Å². The molecule has 0 spiro atoms. The van der Waals surface area contributed by atoms with Crippen molar-refractivity contribution in [2.45, 2.75) is 18.9 Å². The summed E-state index contributed by atoms with van der Waals surface area (Å²) < 4.78 is 16.4. The summed E-state index contributed by atoms with van der Waals surface area (Å²) in [5, 5.41) is 3.38. The van der Waals surface area contributed by atoms with Crippen LogP contribution in [0.25, 0.3) is 11.3 Å². The molecule has 0 aliphatic carbocycles. The van der Waals surface area contributed by atoms with E-state index in [0.717, 1.165) is 42.8 Å². The van der Waals surface area contributed by atoms with Gasteiger partial charge in [0.15, 0.2) is 0 Å². The minimum atomic E-state index is -0.0790. The van der Waals surface area contributed by atoms with Crippen molar-refractivity contribution >= 4 is 0 Å². The van der Waals surface area contributed by atoms with E-state index in [1.54, 1.807) is 12.1 Å². The molecular weight excluding hydrogens is 241 g/mol. The first kappa shape index (κ1) is 11.2. The fourth-order valence-corrected chi connectivity index (χ4v) is 3.56. The van der Waals surface area contributed by atoms with Gasteiger partial charge in [0, 0.05) is 11.1 Å². The van der Waals surface area contributed by atoms with Gasteiger partial charge < -0.3 is 9.88 Å². The van der Waals surface area contributed by atoms with Gasteiger partial charge in [0.05, 0.1) is 24.3 Å². The molecule has 0 radical (unpaired) electrons. The molecule has 3 heterocycles. The molecule has 98 valence electrons. The van der Waals surface area contributed by atoms with Crippen LogP contribution in [0.1, 0.15) is 24.4 Å². The average molecular weight is 257 g/mol. The molecule has 0 bridgehead atoms. The second-order valence-corrected chi connectivity index (χ2v) is 5.42. The normalized spacial score (nSPS) is 22.3. The van der Waals surface area contributed by atoms with Crippen molar-refractivity contribution in [1.29, 1.82) is 0 Å². The molecule has 3 nitrogen and oxygen atoms in total. The first-order valence-corrected chi connectivity index (χ1v) is 6.87. The van der Waals surface area contributed by atoms with Crippen molar-refractivity contribution in [3.8, 4) is 11.3 Å². The van der Waals surface area contributed by atoms with Crippen LogP contribution < -0.4 is 5.32 Å². The van der Waals surface area contributed by atoms with E-state index in [9.17, 15) is 4.39 Å². The fraction of sp³-hybridized carbons (Fsp3) is 0.400. The Balaban J connectivity index is 1.87. The highest BCUT2D eigenvalue weighted by atomic mass is 19.1. The van der Waals surface area contributed by atoms with Gasteiger partial charge in [0.25, 0.3) is 0 Å². The Labute approximate surface area is 111 Å². The standard InChI is InChI=1S/C15H16FN3/c16-12-3-1-2-11-13-8-18-9-19(13)15(14(11)12)10-4-6-17-7-5-10/h1-3,8-10,15,17H,4-7H2. The predicted molar refractivity (Wildman–Crippen MR) is 71.4 cm³/mol. The second kappa shape index (κ2) is 4.17. The summed E-state index contributed by atoms with van der Waals surface area (Å²) in [6, 6.07) is 5.49. The Hall–Kier alpha value is -1.68. The quantitative estimate of drug-likeness (QED) is 0.851. The molecule has 1 N–H and O–H groups in total. The van der Waals surface area contributed by atoms with Gasteiger partial charge in [-0.1, -0.05) is 12.1 Å². The van der Waals surface area contributed by atoms with Gasteiger partial charge in [-0.25, -0.2) is 9.37 Å². The molecule has 0 amide bonds. The number of nitrogens with zero attached hydrogens (tertiary/aromatic N) is 2. The van der Waals surface area contributed by atoms with Crippen LogP contribution in [0.3, 0.4) is 0 Å². The number of hydrogen-bond acceptors (Lipinski definition) is 2. The van der Waals surface area contributed by atoms with Crippen LogP contribution >= 0.6 is 0 Å². The predicted octanol–water partition coefficient (Wildman–Crippen LogP) is 2.59. The molecule has 4 rings (SSSR count). The minimum absolute atomic E-state index is 0.0790. The summed E-state index contributed by atoms with van der Waals surface area (Å²) in [5.41, 5.74) is 2.94. The van der Waals surface area contributed by atoms with E-state index in [1.165, 1.54) is 0 Å². The molecule has 19 heavy (non-hydrogen) atoms. The van der Waals surface area contributed by atoms with Crippen LogP contribution in [0.15, 0.2) is 30.7 Å². The highest BCUT2D eigenvalue weighted by molar-refractivity contribution is 5.69. The van der Waals surface area contributed by atoms with Gasteiger partial charge in [-0.2, -0.15) is 0 Å². The first-order valence-electron chi connectivity index (χ1n) is 6.87. The second-order valence-electron chi connectivity index (χ2n) is 5.42. The SMILES string of the molecule is Fc1cccc2c1C(C1CCNCC1)n1cncc1-2. The van der Waals surface area contributed by atoms with E-state index in [1.807, 2.05) is 18.6 Å². The van der Waals surface area contributed by atoms with Crippen molar-refractivity contribution in [2.24, 2.45) is 5.92 Å². The van der Waals surface area contributed by atoms with Crippen molar-refractivity contribution in [1.82, 2.24) is 14.9 Å². The lowest BCUT2D eigenvalue weighted by Crippen LogP contribution is -2.32. The molecule has 2 aromatic rings. The Morgan fingerprint density at radius 1 is 1.26 bits per heavy atom. The zero-order valence-corrected chi connectivity index (χ0v) is 10.6. The lowest BCUT2D eigenvalue weighted by atomic mass is 9.85. The van der Waals surface area contributed by atoms with E-state index in [0.29, 0.717) is 5.92 Å². The Bertz CT molecular complexity index is 614. The Morgan fingerprint density at radius 3 is 2.95 bits per heavy atom. The molecule has 0 saturated carbocycles. The summed E-state index contributed by atoms with van der Waals surface area (Å²) in [6.07, 6.45) is 5.88. The number of halogens is 1. The highest BCUT2D eigenvalue weighted by Gasteiger charge is 2.36. The van der Waals surface area contributed by atoms with Crippen molar-refractivity contribution in [2.75, 3.05) is 13.1 Å². The number of fused-ring (bicyclic) bond motifs is 3. The zero-order valence-electron chi connectivity index (χ0n) is 10.6. The first-order chi connectivity index (χ1) is 9.36. The minimum Gasteiger partial charge on any atom is -0.323 e. The van der Waals surface area contributed by atoms with E-state index < -0.39 is 0 Å². The molecule has 4 heteroatoms. The highest BCUT2D eigenvalue weighted by Crippen LogP contribution is 2.46. The van der Waals surface area contributed by atoms with E-state index >= 15 is 0 Å². The maximum atomic E-state index is 14.3. The van der Waals surface area contributed by atoms with Crippen molar-refractivity contribution < 1.29 is 4.39 Å². The van der Waals surface area contributed by atoms with E-state index in [4.69, 9.17) is 0 Å². The monoisotopic (exact) mass is 257 g/mol. The van der Waals surface area contributed by atoms with Gasteiger partial charge >= 0.3 is 0 Å². The van der Waals surface area contributed by atoms with Crippen LogP contribution in [0, 0.1) is 11.7 Å². The summed E-state index contributed by atoms with van der Waals surface area (Å²) in [7, 11) is 0. The lowest BCUT2D eigenvalue weighted by molar-refractivity contribution is 0.293. The number of imidazole rings is 1. The van der Waals surface area contributed by atoms with Crippen LogP contribution in [-0.4, -0.2) is 22.6 Å². The van der Waals surface area contributed by atoms with Gasteiger partial charge in [0.1, 0.15) is 5.82 Å². The number of benzene rings is 1. The maximum absolute atomic E-state index is 14.3. The summed E-state index contributed by atoms with van der Waals surface area (Å²) in [6.45, 7) is 2.05. The Kier molecular flexibility index (Phi) is 2.45. The molecule has 2 aliphatic rings. The van der Waals surface area contributed by atoms with Crippen molar-refractivity contribution in [3.05, 3.63) is 42.1 Å². The average Bonchev–Trinajstić information content (AvgIpc) is 3.01. The molecule has 1 aromatic carbocycles. The molecule has 2 aliphatic heterocycles. The molecule has 1 fully saturated rings. The van der Waals surface area contributed by atoms with Crippen LogP contribution in [-0.2, 0) is 0 Å². The van der Waals surface area contributed by atoms with Crippen LogP contribution in [0.4, 0.5) is 4.39 Å². The molecule has 1 atom stereocenters. The largest absolute Gasteiger partial charge is 0.323 e. The lowest BCUT2D eigenvalue weighted by Gasteiger charge is -2.30. The van der Waals surface area contributed by atoms with E-state index in [-0.39, 0.29) is 11.9 Å². The summed E-state index contributed by atoms with van der Waals surface area (Å²) in [4.78, 5) is 4.24. The van der Waals surface area contributed by atoms with Gasteiger partial charge in [-0.05, 0) is 37.9 Å². The number of rotatable bonds is 1. The number of aromatic nitrogens is 2. The fourth-order valence-electron chi connectivity index (χ4n) is 3.56. The van der Waals surface area contributed by atoms with Gasteiger partial charge in [-0.15, -0.1) is 0 Å². The molecule has 1 unspecified atom stereocenters. The molecular formula is C15H16FN3. The summed E-state index contributed by atoms with van der Waals surface area (Å²) >= 11 is 0. The van der Waals surface area contributed by atoms with Gasteiger partial charge in [0.2, 0.25) is 0 Å². The number of piperidine rings is 1. The van der Waals surface area contributed by atoms with Crippen LogP contribution in [0.5, 0.6) is 0 Å². The third-order valence-electron chi connectivity index (χ3n) is 4.42. The zero-order chi connectivity index (χ0) is 12.8. The third kappa shape index (κ3) is 1.56. The van der Waals surface area contributed by atoms with E-state index in [2.05, 4.69) is 14.9 Å².